The first-order valence-electron chi connectivity index (χ1n) is 10.5. The van der Waals surface area contributed by atoms with Gasteiger partial charge in [0.1, 0.15) is 5.75 Å². The van der Waals surface area contributed by atoms with E-state index in [9.17, 15) is 0 Å². The van der Waals surface area contributed by atoms with Crippen LogP contribution in [0.3, 0.4) is 0 Å². The van der Waals surface area contributed by atoms with E-state index in [0.717, 1.165) is 24.5 Å². The van der Waals surface area contributed by atoms with E-state index in [4.69, 9.17) is 4.74 Å². The Balaban J connectivity index is 1.76. The Morgan fingerprint density at radius 1 is 0.731 bits per heavy atom. The molecule has 0 unspecified atom stereocenters. The molecule has 0 radical (unpaired) electrons. The first kappa shape index (κ1) is 20.5. The van der Waals surface area contributed by atoms with Crippen molar-refractivity contribution in [3.05, 3.63) is 48.2 Å². The Hall–Kier alpha value is -1.83. The van der Waals surface area contributed by atoms with E-state index in [1.54, 1.807) is 0 Å². The van der Waals surface area contributed by atoms with Crippen LogP contribution in [0.1, 0.15) is 77.2 Å². The maximum atomic E-state index is 5.73. The lowest BCUT2D eigenvalue weighted by Crippen LogP contribution is -1.97. The van der Waals surface area contributed by atoms with Gasteiger partial charge in [0.05, 0.1) is 18.5 Å². The van der Waals surface area contributed by atoms with Crippen molar-refractivity contribution in [1.82, 2.24) is 4.98 Å². The largest absolute Gasteiger partial charge is 0.492 e. The first-order valence-corrected chi connectivity index (χ1v) is 10.5. The van der Waals surface area contributed by atoms with Crippen molar-refractivity contribution in [2.24, 2.45) is 0 Å². The molecular weight excluding hydrogens is 318 g/mol. The van der Waals surface area contributed by atoms with Gasteiger partial charge < -0.3 is 4.74 Å². The number of pyridine rings is 1. The van der Waals surface area contributed by atoms with Crippen molar-refractivity contribution in [2.75, 3.05) is 6.61 Å². The average Bonchev–Trinajstić information content (AvgIpc) is 2.69. The van der Waals surface area contributed by atoms with E-state index in [0.29, 0.717) is 0 Å². The number of hydrogen-bond acceptors (Lipinski definition) is 2. The number of rotatable bonds is 13. The molecule has 1 aromatic carbocycles. The fourth-order valence-electron chi connectivity index (χ4n) is 3.13. The molecule has 1 aromatic heterocycles. The molecule has 0 aliphatic heterocycles. The number of aryl methyl sites for hydroxylation is 1. The van der Waals surface area contributed by atoms with Crippen molar-refractivity contribution in [3.63, 3.8) is 0 Å². The van der Waals surface area contributed by atoms with Crippen LogP contribution in [0.5, 0.6) is 5.75 Å². The zero-order valence-electron chi connectivity index (χ0n) is 16.7. The lowest BCUT2D eigenvalue weighted by Gasteiger charge is -2.07. The molecule has 0 N–H and O–H groups in total. The van der Waals surface area contributed by atoms with Crippen molar-refractivity contribution < 1.29 is 4.74 Å². The Morgan fingerprint density at radius 2 is 1.42 bits per heavy atom. The Morgan fingerprint density at radius 3 is 2.12 bits per heavy atom. The summed E-state index contributed by atoms with van der Waals surface area (Å²) < 4.78 is 5.73. The lowest BCUT2D eigenvalue weighted by atomic mass is 10.0. The third kappa shape index (κ3) is 7.59. The van der Waals surface area contributed by atoms with Crippen molar-refractivity contribution in [3.8, 4) is 17.0 Å². The third-order valence-corrected chi connectivity index (χ3v) is 4.82. The average molecular weight is 354 g/mol. The number of unbranched alkanes of at least 4 members (excludes halogenated alkanes) is 7. The van der Waals surface area contributed by atoms with E-state index in [2.05, 4.69) is 49.2 Å². The highest BCUT2D eigenvalue weighted by atomic mass is 16.5. The molecule has 0 saturated carbocycles. The van der Waals surface area contributed by atoms with E-state index >= 15 is 0 Å². The topological polar surface area (TPSA) is 22.1 Å². The van der Waals surface area contributed by atoms with E-state index in [1.165, 1.54) is 68.9 Å². The van der Waals surface area contributed by atoms with Crippen LogP contribution in [0.25, 0.3) is 11.3 Å². The molecule has 0 atom stereocenters. The lowest BCUT2D eigenvalue weighted by molar-refractivity contribution is 0.305. The second-order valence-corrected chi connectivity index (χ2v) is 7.15. The van der Waals surface area contributed by atoms with Gasteiger partial charge in [0.15, 0.2) is 0 Å². The molecular formula is C24H35NO. The minimum Gasteiger partial charge on any atom is -0.492 e. The highest BCUT2D eigenvalue weighted by Crippen LogP contribution is 2.21. The molecule has 142 valence electrons. The summed E-state index contributed by atoms with van der Waals surface area (Å²) in [6.45, 7) is 5.25. The fourth-order valence-corrected chi connectivity index (χ4v) is 3.13. The summed E-state index contributed by atoms with van der Waals surface area (Å²) in [4.78, 5) is 4.56. The van der Waals surface area contributed by atoms with Gasteiger partial charge in [0, 0.05) is 5.56 Å². The van der Waals surface area contributed by atoms with Gasteiger partial charge in [-0.2, -0.15) is 0 Å². The molecule has 2 heteroatoms. The summed E-state index contributed by atoms with van der Waals surface area (Å²) in [6.07, 6.45) is 14.7. The van der Waals surface area contributed by atoms with Gasteiger partial charge >= 0.3 is 0 Å². The maximum Gasteiger partial charge on any atom is 0.137 e. The molecule has 0 aliphatic rings. The predicted octanol–water partition coefficient (Wildman–Crippen LogP) is 7.22. The van der Waals surface area contributed by atoms with Gasteiger partial charge in [-0.3, -0.25) is 4.98 Å². The molecule has 0 fully saturated rings. The number of hydrogen-bond donors (Lipinski definition) is 0. The smallest absolute Gasteiger partial charge is 0.137 e. The van der Waals surface area contributed by atoms with Crippen LogP contribution < -0.4 is 4.74 Å². The monoisotopic (exact) mass is 353 g/mol. The van der Waals surface area contributed by atoms with E-state index < -0.39 is 0 Å². The summed E-state index contributed by atoms with van der Waals surface area (Å²) in [5, 5.41) is 0. The fraction of sp³-hybridized carbons (Fsp3) is 0.542. The quantitative estimate of drug-likeness (QED) is 0.355. The SMILES string of the molecule is CCCCCCCCc1ccc(-c2ccc(OCCCCC)cn2)cc1. The number of nitrogens with zero attached hydrogens (tertiary/aromatic N) is 1. The predicted molar refractivity (Wildman–Crippen MR) is 112 cm³/mol. The standard InChI is InChI=1S/C24H35NO/c1-3-5-7-8-9-10-12-21-13-15-22(16-14-21)24-18-17-23(20-25-24)26-19-11-6-4-2/h13-18,20H,3-12,19H2,1-2H3. The number of aromatic nitrogens is 1. The zero-order valence-corrected chi connectivity index (χ0v) is 16.7. The number of benzene rings is 1. The van der Waals surface area contributed by atoms with Crippen LogP contribution >= 0.6 is 0 Å². The van der Waals surface area contributed by atoms with Gasteiger partial charge in [0.2, 0.25) is 0 Å². The van der Waals surface area contributed by atoms with Crippen LogP contribution in [0.4, 0.5) is 0 Å². The van der Waals surface area contributed by atoms with Crippen molar-refractivity contribution in [2.45, 2.75) is 78.1 Å². The van der Waals surface area contributed by atoms with Gasteiger partial charge in [-0.15, -0.1) is 0 Å². The van der Waals surface area contributed by atoms with Crippen molar-refractivity contribution in [1.29, 1.82) is 0 Å². The molecule has 2 nitrogen and oxygen atoms in total. The molecule has 0 amide bonds. The molecule has 2 rings (SSSR count). The molecule has 0 spiro atoms. The molecule has 0 saturated heterocycles. The van der Waals surface area contributed by atoms with Crippen LogP contribution in [0, 0.1) is 0 Å². The van der Waals surface area contributed by atoms with Crippen LogP contribution in [0.2, 0.25) is 0 Å². The molecule has 1 heterocycles. The summed E-state index contributed by atoms with van der Waals surface area (Å²) in [5.41, 5.74) is 3.62. The van der Waals surface area contributed by atoms with Gasteiger partial charge in [-0.1, -0.05) is 83.1 Å². The third-order valence-electron chi connectivity index (χ3n) is 4.82. The zero-order chi connectivity index (χ0) is 18.5. The van der Waals surface area contributed by atoms with Gasteiger partial charge in [-0.25, -0.2) is 0 Å². The Bertz CT molecular complexity index is 589. The number of ether oxygens (including phenoxy) is 1. The normalized spacial score (nSPS) is 10.8. The van der Waals surface area contributed by atoms with Crippen molar-refractivity contribution >= 4 is 0 Å². The highest BCUT2D eigenvalue weighted by molar-refractivity contribution is 5.59. The van der Waals surface area contributed by atoms with E-state index in [1.807, 2.05) is 12.3 Å². The molecule has 26 heavy (non-hydrogen) atoms. The summed E-state index contributed by atoms with van der Waals surface area (Å²) in [7, 11) is 0. The first-order chi connectivity index (χ1) is 12.8. The molecule has 0 aliphatic carbocycles. The Labute approximate surface area is 160 Å². The second-order valence-electron chi connectivity index (χ2n) is 7.15. The van der Waals surface area contributed by atoms with E-state index in [-0.39, 0.29) is 0 Å². The maximum absolute atomic E-state index is 5.73. The minimum absolute atomic E-state index is 0.780. The summed E-state index contributed by atoms with van der Waals surface area (Å²) in [6, 6.07) is 13.0. The second kappa shape index (κ2) is 12.5. The minimum atomic E-state index is 0.780. The van der Waals surface area contributed by atoms with Crippen LogP contribution in [0.15, 0.2) is 42.6 Å². The van der Waals surface area contributed by atoms with Crippen LogP contribution in [-0.2, 0) is 6.42 Å². The van der Waals surface area contributed by atoms with Gasteiger partial charge in [-0.05, 0) is 37.0 Å². The Kier molecular flexibility index (Phi) is 9.86. The molecule has 2 aromatic rings. The van der Waals surface area contributed by atoms with Gasteiger partial charge in [0.25, 0.3) is 0 Å². The highest BCUT2D eigenvalue weighted by Gasteiger charge is 2.02. The summed E-state index contributed by atoms with van der Waals surface area (Å²) >= 11 is 0. The van der Waals surface area contributed by atoms with Crippen LogP contribution in [-0.4, -0.2) is 11.6 Å². The summed E-state index contributed by atoms with van der Waals surface area (Å²) in [5.74, 6) is 0.865. The molecule has 0 bridgehead atoms.